The Kier molecular flexibility index (Phi) is 74.0. The molecule has 0 aliphatic carbocycles. The molecule has 0 aliphatic heterocycles. The molecule has 0 aliphatic rings. The van der Waals surface area contributed by atoms with E-state index in [1.165, 1.54) is 0 Å². The maximum absolute atomic E-state index is 11.4. The van der Waals surface area contributed by atoms with Gasteiger partial charge < -0.3 is 111 Å². The van der Waals surface area contributed by atoms with Crippen LogP contribution in [0.4, 0.5) is 0 Å². The van der Waals surface area contributed by atoms with Crippen LogP contribution in [0.5, 0.6) is 0 Å². The van der Waals surface area contributed by atoms with Crippen molar-refractivity contribution in [2.45, 2.75) is 209 Å². The summed E-state index contributed by atoms with van der Waals surface area (Å²) in [5, 5.41) is 0. The van der Waals surface area contributed by atoms with Crippen molar-refractivity contribution < 1.29 is 102 Å². The first-order chi connectivity index (χ1) is 28.1. The third kappa shape index (κ3) is 60.7. The van der Waals surface area contributed by atoms with Gasteiger partial charge in [-0.1, -0.05) is 158 Å². The summed E-state index contributed by atoms with van der Waals surface area (Å²) in [6, 6.07) is 0. The summed E-state index contributed by atoms with van der Waals surface area (Å²) in [4.78, 5) is 91.0. The van der Waals surface area contributed by atoms with E-state index in [2.05, 4.69) is 104 Å². The molecule has 0 aromatic rings. The van der Waals surface area contributed by atoms with Crippen LogP contribution in [0.3, 0.4) is 0 Å². The fourth-order valence-corrected chi connectivity index (χ4v) is 26.2. The molecule has 0 bridgehead atoms. The Labute approximate surface area is 464 Å². The topological polar surface area (TPSA) is 184 Å². The van der Waals surface area contributed by atoms with E-state index in [-0.39, 0.29) is 63.2 Å². The second-order valence-corrected chi connectivity index (χ2v) is 46.0. The molecule has 0 N–H and O–H groups in total. The molecule has 0 aromatic carbocycles. The summed E-state index contributed by atoms with van der Waals surface area (Å²) >= 11 is 18.5. The maximum atomic E-state index is 11.4. The quantitative estimate of drug-likeness (QED) is 0.0277. The first kappa shape index (κ1) is 83.3. The minimum Gasteiger partial charge on any atom is -0.854 e. The van der Waals surface area contributed by atoms with Gasteiger partial charge in [0.1, 0.15) is 0 Å². The SMILES string of the molecule is CCCCCS(CCCCC)=P([O-])([O-])[S-].CCCCCS(CCCCC)=P([O-])([O-])[S-].CCCCCS(CCCCC)=P([O-])([O-])[S-].CCCCCS(CCCCC)=P([O-])([O-])[S-].[Mo+4].[Mo+4].[Mo+4]. The van der Waals surface area contributed by atoms with Crippen LogP contribution in [0.1, 0.15) is 209 Å². The summed E-state index contributed by atoms with van der Waals surface area (Å²) in [5.74, 6) is 6.35. The van der Waals surface area contributed by atoms with Crippen molar-refractivity contribution >= 4 is 112 Å². The molecule has 382 valence electrons. The Bertz CT molecular complexity index is 974. The van der Waals surface area contributed by atoms with Gasteiger partial charge in [-0.3, -0.25) is 0 Å². The predicted octanol–water partition coefficient (Wildman–Crippen LogP) is 7.71. The Balaban J connectivity index is -0.000000131. The van der Waals surface area contributed by atoms with Gasteiger partial charge in [-0.15, -0.1) is 0 Å². The molecule has 0 atom stereocenters. The third-order valence-corrected chi connectivity index (χ3v) is 37.3. The van der Waals surface area contributed by atoms with Gasteiger partial charge in [0.05, 0.1) is 0 Å². The van der Waals surface area contributed by atoms with Crippen LogP contribution < -0.4 is 39.1 Å². The van der Waals surface area contributed by atoms with Crippen LogP contribution in [0, 0.1) is 0 Å². The van der Waals surface area contributed by atoms with Crippen molar-refractivity contribution in [2.24, 2.45) is 0 Å². The van der Waals surface area contributed by atoms with Gasteiger partial charge in [0.25, 0.3) is 0 Å². The zero-order valence-electron chi connectivity index (χ0n) is 40.2. The van der Waals surface area contributed by atoms with Gasteiger partial charge in [0.2, 0.25) is 0 Å². The molecule has 0 heterocycles. The predicted molar refractivity (Wildman–Crippen MR) is 282 cm³/mol. The minimum atomic E-state index is -3.50. The third-order valence-electron chi connectivity index (χ3n) is 9.13. The van der Waals surface area contributed by atoms with Crippen molar-refractivity contribution in [1.82, 2.24) is 0 Å². The first-order valence-electron chi connectivity index (χ1n) is 22.9. The van der Waals surface area contributed by atoms with Crippen molar-refractivity contribution in [3.63, 3.8) is 0 Å². The van der Waals surface area contributed by atoms with E-state index < -0.39 is 63.1 Å². The molecular weight excluding hydrogens is 1280 g/mol. The summed E-state index contributed by atoms with van der Waals surface area (Å²) in [5.41, 5.74) is -14.0. The van der Waals surface area contributed by atoms with Crippen molar-refractivity contribution in [3.8, 4) is 0 Å². The molecule has 0 fully saturated rings. The van der Waals surface area contributed by atoms with E-state index in [0.29, 0.717) is 0 Å². The van der Waals surface area contributed by atoms with Crippen molar-refractivity contribution in [2.75, 3.05) is 46.0 Å². The molecule has 63 heavy (non-hydrogen) atoms. The van der Waals surface area contributed by atoms with Crippen LogP contribution in [0.15, 0.2) is 0 Å². The number of hydrogen-bond donors (Lipinski definition) is 0. The number of unbranched alkanes of at least 4 members (excludes halogenated alkanes) is 16. The van der Waals surface area contributed by atoms with E-state index >= 15 is 0 Å². The van der Waals surface area contributed by atoms with Crippen molar-refractivity contribution in [1.29, 1.82) is 0 Å². The van der Waals surface area contributed by atoms with E-state index in [1.807, 2.05) is 0 Å². The Morgan fingerprint density at radius 3 is 0.397 bits per heavy atom. The van der Waals surface area contributed by atoms with E-state index in [1.54, 1.807) is 0 Å². The van der Waals surface area contributed by atoms with Crippen LogP contribution >= 0.6 is 22.8 Å². The summed E-state index contributed by atoms with van der Waals surface area (Å²) < 4.78 is 0. The van der Waals surface area contributed by atoms with Gasteiger partial charge in [0, 0.05) is 0 Å². The molecule has 23 heteroatoms. The Morgan fingerprint density at radius 1 is 0.238 bits per heavy atom. The number of hydrogen-bond acceptors (Lipinski definition) is 12. The van der Waals surface area contributed by atoms with Crippen LogP contribution in [0.2, 0.25) is 0 Å². The fourth-order valence-electron chi connectivity index (χ4n) is 5.45. The van der Waals surface area contributed by atoms with Gasteiger partial charge in [-0.05, 0) is 97.4 Å². The molecule has 8 nitrogen and oxygen atoms in total. The largest absolute Gasteiger partial charge is 4.00 e. The molecule has 0 rings (SSSR count). The molecule has 0 unspecified atom stereocenters. The van der Waals surface area contributed by atoms with Gasteiger partial charge >= 0.3 is 63.2 Å². The average molecular weight is 1370 g/mol. The average Bonchev–Trinajstić information content (AvgIpc) is 3.15. The Hall–Kier alpha value is 6.26. The zero-order valence-corrected chi connectivity index (χ0v) is 56.3. The summed E-state index contributed by atoms with van der Waals surface area (Å²) in [7, 11) is -2.12. The van der Waals surface area contributed by atoms with Gasteiger partial charge in [-0.25, -0.2) is 40.3 Å². The van der Waals surface area contributed by atoms with E-state index in [4.69, 9.17) is 0 Å². The molecule has 0 spiro atoms. The molecule has 0 aromatic heterocycles. The normalized spacial score (nSPS) is 11.8. The van der Waals surface area contributed by atoms with Crippen LogP contribution in [-0.2, 0) is 152 Å². The summed E-state index contributed by atoms with van der Waals surface area (Å²) in [6.45, 7) is 17.0. The molecule has 0 saturated carbocycles. The van der Waals surface area contributed by atoms with Crippen LogP contribution in [0.25, 0.3) is 0 Å². The standard InChI is InChI=1S/4C10H22O2PS2.3Mo/c4*1-3-5-7-9-15(13(11,12)14)10-8-6-4-2;;;/h4*3-10H2,1-2H3;;;/q4*-3;3*+4. The second-order valence-electron chi connectivity index (χ2n) is 14.9. The maximum Gasteiger partial charge on any atom is 4.00 e. The minimum absolute atomic E-state index is 0. The second kappa shape index (κ2) is 56.0. The van der Waals surface area contributed by atoms with Gasteiger partial charge in [0.15, 0.2) is 0 Å². The van der Waals surface area contributed by atoms with Crippen molar-refractivity contribution in [3.05, 3.63) is 0 Å². The molecule has 0 saturated heterocycles. The first-order valence-corrected chi connectivity index (χ1v) is 42.1. The monoisotopic (exact) mass is 1370 g/mol. The fraction of sp³-hybridized carbons (Fsp3) is 1.00. The summed E-state index contributed by atoms with van der Waals surface area (Å²) in [6.07, 6.45) is 26.1. The number of rotatable bonds is 32. The zero-order chi connectivity index (χ0) is 46.9. The smallest absolute Gasteiger partial charge is 0.854 e. The van der Waals surface area contributed by atoms with Gasteiger partial charge in [-0.2, -0.15) is 0 Å². The Morgan fingerprint density at radius 2 is 0.333 bits per heavy atom. The molecule has 0 amide bonds. The van der Waals surface area contributed by atoms with E-state index in [9.17, 15) is 39.1 Å². The molecular formula is C40H88Mo3O8P4S8. The van der Waals surface area contributed by atoms with Crippen LogP contribution in [-0.4, -0.2) is 46.0 Å². The molecule has 0 radical (unpaired) electrons. The van der Waals surface area contributed by atoms with E-state index in [0.717, 1.165) is 200 Å².